The maximum atomic E-state index is 12.7. The van der Waals surface area contributed by atoms with Gasteiger partial charge in [-0.05, 0) is 47.5 Å². The average Bonchev–Trinajstić information content (AvgIpc) is 3.20. The molecule has 1 aliphatic rings. The highest BCUT2D eigenvalue weighted by Crippen LogP contribution is 2.23. The number of piperidine rings is 1. The number of nitrogens with zero attached hydrogens (tertiary/aromatic N) is 5. The van der Waals surface area contributed by atoms with Gasteiger partial charge in [-0.1, -0.05) is 30.3 Å². The Kier molecular flexibility index (Phi) is 5.69. The molecule has 1 aliphatic heterocycles. The molecule has 0 aliphatic carbocycles. The molecule has 0 bridgehead atoms. The van der Waals surface area contributed by atoms with Gasteiger partial charge in [0.1, 0.15) is 0 Å². The molecule has 4 rings (SSSR count). The van der Waals surface area contributed by atoms with Gasteiger partial charge in [0, 0.05) is 43.0 Å². The number of benzene rings is 2. The number of amides is 3. The van der Waals surface area contributed by atoms with Crippen LogP contribution in [0.2, 0.25) is 0 Å². The Morgan fingerprint density at radius 2 is 1.70 bits per heavy atom. The maximum Gasteiger partial charge on any atom is 0.321 e. The predicted octanol–water partition coefficient (Wildman–Crippen LogP) is 2.76. The number of nitrogens with one attached hydrogen (secondary N) is 2. The third-order valence-corrected chi connectivity index (χ3v) is 5.19. The number of hydrogen-bond donors (Lipinski definition) is 2. The van der Waals surface area contributed by atoms with Gasteiger partial charge >= 0.3 is 6.03 Å². The molecule has 2 heterocycles. The third-order valence-electron chi connectivity index (χ3n) is 5.19. The van der Waals surface area contributed by atoms with Crippen LogP contribution in [0.5, 0.6) is 0 Å². The van der Waals surface area contributed by atoms with Gasteiger partial charge in [0.2, 0.25) is 5.91 Å². The average molecular weight is 405 g/mol. The summed E-state index contributed by atoms with van der Waals surface area (Å²) in [6.07, 6.45) is 1.25. The number of carbonyl (C=O) groups excluding carboxylic acids is 2. The predicted molar refractivity (Wildman–Crippen MR) is 113 cm³/mol. The van der Waals surface area contributed by atoms with E-state index in [0.717, 1.165) is 11.3 Å². The van der Waals surface area contributed by atoms with Crippen molar-refractivity contribution in [3.8, 4) is 11.4 Å². The summed E-state index contributed by atoms with van der Waals surface area (Å²) < 4.78 is 1.58. The largest absolute Gasteiger partial charge is 0.326 e. The fourth-order valence-corrected chi connectivity index (χ4v) is 3.52. The summed E-state index contributed by atoms with van der Waals surface area (Å²) in [5.41, 5.74) is 2.29. The second-order valence-corrected chi connectivity index (χ2v) is 7.25. The van der Waals surface area contributed by atoms with E-state index in [0.29, 0.717) is 37.4 Å². The van der Waals surface area contributed by atoms with Crippen LogP contribution in [0.1, 0.15) is 12.8 Å². The van der Waals surface area contributed by atoms with Gasteiger partial charge in [-0.25, -0.2) is 9.48 Å². The fraction of sp³-hybridized carbons (Fsp3) is 0.286. The Morgan fingerprint density at radius 3 is 2.40 bits per heavy atom. The van der Waals surface area contributed by atoms with Crippen LogP contribution >= 0.6 is 0 Å². The summed E-state index contributed by atoms with van der Waals surface area (Å²) in [6.45, 7) is 1.09. The maximum absolute atomic E-state index is 12.7. The number of aryl methyl sites for hydroxylation is 1. The zero-order chi connectivity index (χ0) is 20.9. The second-order valence-electron chi connectivity index (χ2n) is 7.25. The molecule has 3 aromatic rings. The minimum absolute atomic E-state index is 0.0358. The Balaban J connectivity index is 1.32. The van der Waals surface area contributed by atoms with E-state index in [4.69, 9.17) is 0 Å². The summed E-state index contributed by atoms with van der Waals surface area (Å²) in [4.78, 5) is 26.9. The van der Waals surface area contributed by atoms with Gasteiger partial charge < -0.3 is 15.5 Å². The number of aromatic nitrogens is 4. The van der Waals surface area contributed by atoms with Crippen LogP contribution in [0.3, 0.4) is 0 Å². The minimum Gasteiger partial charge on any atom is -0.326 e. The van der Waals surface area contributed by atoms with E-state index in [2.05, 4.69) is 26.2 Å². The number of hydrogen-bond acceptors (Lipinski definition) is 5. The van der Waals surface area contributed by atoms with Crippen molar-refractivity contribution in [2.75, 3.05) is 23.7 Å². The molecule has 0 atom stereocenters. The van der Waals surface area contributed by atoms with E-state index in [1.165, 1.54) is 0 Å². The van der Waals surface area contributed by atoms with Crippen LogP contribution in [0, 0.1) is 5.92 Å². The van der Waals surface area contributed by atoms with Crippen molar-refractivity contribution >= 4 is 23.3 Å². The zero-order valence-corrected chi connectivity index (χ0v) is 16.7. The van der Waals surface area contributed by atoms with Gasteiger partial charge in [-0.2, -0.15) is 0 Å². The van der Waals surface area contributed by atoms with Gasteiger partial charge in [0.25, 0.3) is 0 Å². The summed E-state index contributed by atoms with van der Waals surface area (Å²) in [7, 11) is 1.77. The number of likely N-dealkylation sites (tertiary alicyclic amines) is 1. The summed E-state index contributed by atoms with van der Waals surface area (Å²) in [5.74, 6) is 0.459. The lowest BCUT2D eigenvalue weighted by Gasteiger charge is -2.31. The highest BCUT2D eigenvalue weighted by atomic mass is 16.2. The molecule has 1 fully saturated rings. The molecule has 9 heteroatoms. The van der Waals surface area contributed by atoms with Gasteiger partial charge in [0.15, 0.2) is 5.82 Å². The molecule has 9 nitrogen and oxygen atoms in total. The van der Waals surface area contributed by atoms with Crippen molar-refractivity contribution in [3.05, 3.63) is 54.6 Å². The van der Waals surface area contributed by atoms with Gasteiger partial charge in [-0.15, -0.1) is 5.10 Å². The van der Waals surface area contributed by atoms with Crippen LogP contribution in [-0.2, 0) is 11.8 Å². The van der Waals surface area contributed by atoms with Crippen LogP contribution in [0.4, 0.5) is 16.2 Å². The van der Waals surface area contributed by atoms with E-state index >= 15 is 0 Å². The van der Waals surface area contributed by atoms with Crippen molar-refractivity contribution in [3.63, 3.8) is 0 Å². The van der Waals surface area contributed by atoms with Crippen LogP contribution in [-0.4, -0.2) is 50.1 Å². The topological polar surface area (TPSA) is 105 Å². The number of urea groups is 1. The summed E-state index contributed by atoms with van der Waals surface area (Å²) >= 11 is 0. The molecule has 1 aromatic heterocycles. The number of tetrazole rings is 1. The molecule has 2 N–H and O–H groups in total. The van der Waals surface area contributed by atoms with Gasteiger partial charge in [-0.3, -0.25) is 4.79 Å². The Hall–Kier alpha value is -3.75. The van der Waals surface area contributed by atoms with Crippen LogP contribution in [0.15, 0.2) is 54.6 Å². The first-order valence-electron chi connectivity index (χ1n) is 9.85. The van der Waals surface area contributed by atoms with Crippen molar-refractivity contribution in [2.24, 2.45) is 13.0 Å². The Morgan fingerprint density at radius 1 is 0.967 bits per heavy atom. The SMILES string of the molecule is Cn1nnnc1-c1cccc(NC(=O)C2CCN(C(=O)Nc3ccccc3)CC2)c1. The number of rotatable bonds is 4. The molecule has 1 saturated heterocycles. The Bertz CT molecular complexity index is 1030. The van der Waals surface area contributed by atoms with Crippen molar-refractivity contribution in [2.45, 2.75) is 12.8 Å². The highest BCUT2D eigenvalue weighted by molar-refractivity contribution is 5.93. The molecular formula is C21H23N7O2. The first-order valence-corrected chi connectivity index (χ1v) is 9.85. The van der Waals surface area contributed by atoms with Crippen molar-refractivity contribution in [1.82, 2.24) is 25.1 Å². The quantitative estimate of drug-likeness (QED) is 0.694. The van der Waals surface area contributed by atoms with Crippen molar-refractivity contribution < 1.29 is 9.59 Å². The normalized spacial score (nSPS) is 14.4. The molecule has 154 valence electrons. The van der Waals surface area contributed by atoms with E-state index in [-0.39, 0.29) is 17.9 Å². The third kappa shape index (κ3) is 4.45. The molecule has 0 radical (unpaired) electrons. The molecule has 0 unspecified atom stereocenters. The van der Waals surface area contributed by atoms with Crippen molar-refractivity contribution in [1.29, 1.82) is 0 Å². The standard InChI is InChI=1S/C21H23N7O2/c1-27-19(24-25-26-27)16-6-5-9-18(14-16)22-20(29)15-10-12-28(13-11-15)21(30)23-17-7-3-2-4-8-17/h2-9,14-15H,10-13H2,1H3,(H,22,29)(H,23,30). The van der Waals surface area contributed by atoms with Gasteiger partial charge in [0.05, 0.1) is 0 Å². The monoisotopic (exact) mass is 405 g/mol. The van der Waals surface area contributed by atoms with E-state index in [1.807, 2.05) is 54.6 Å². The van der Waals surface area contributed by atoms with Crippen LogP contribution < -0.4 is 10.6 Å². The molecule has 0 spiro atoms. The second kappa shape index (κ2) is 8.73. The number of carbonyl (C=O) groups is 2. The fourth-order valence-electron chi connectivity index (χ4n) is 3.52. The lowest BCUT2D eigenvalue weighted by molar-refractivity contribution is -0.121. The van der Waals surface area contributed by atoms with E-state index in [1.54, 1.807) is 16.6 Å². The first kappa shape index (κ1) is 19.6. The lowest BCUT2D eigenvalue weighted by atomic mass is 9.96. The molecule has 30 heavy (non-hydrogen) atoms. The molecular weight excluding hydrogens is 382 g/mol. The molecule has 3 amide bonds. The minimum atomic E-state index is -0.134. The molecule has 0 saturated carbocycles. The first-order chi connectivity index (χ1) is 14.6. The number of anilines is 2. The zero-order valence-electron chi connectivity index (χ0n) is 16.7. The van der Waals surface area contributed by atoms with E-state index < -0.39 is 0 Å². The molecule has 2 aromatic carbocycles. The number of para-hydroxylation sites is 1. The summed E-state index contributed by atoms with van der Waals surface area (Å²) in [5, 5.41) is 17.3. The lowest BCUT2D eigenvalue weighted by Crippen LogP contribution is -2.43. The smallest absolute Gasteiger partial charge is 0.321 e. The van der Waals surface area contributed by atoms with E-state index in [9.17, 15) is 9.59 Å². The van der Waals surface area contributed by atoms with Crippen LogP contribution in [0.25, 0.3) is 11.4 Å². The Labute approximate surface area is 174 Å². The highest BCUT2D eigenvalue weighted by Gasteiger charge is 2.27. The summed E-state index contributed by atoms with van der Waals surface area (Å²) in [6, 6.07) is 16.7.